The Morgan fingerprint density at radius 1 is 1.40 bits per heavy atom. The molecule has 0 unspecified atom stereocenters. The monoisotopic (exact) mass is 350 g/mol. The summed E-state index contributed by atoms with van der Waals surface area (Å²) >= 11 is 3.15. The molecule has 10 heteroatoms. The molecule has 2 aromatic heterocycles. The van der Waals surface area contributed by atoms with Gasteiger partial charge in [0.15, 0.2) is 5.69 Å². The lowest BCUT2D eigenvalue weighted by atomic mass is 10.3. The van der Waals surface area contributed by atoms with Crippen molar-refractivity contribution in [2.24, 2.45) is 0 Å². The second kappa shape index (κ2) is 5.19. The van der Waals surface area contributed by atoms with E-state index in [1.807, 2.05) is 0 Å². The maximum absolute atomic E-state index is 12.9. The summed E-state index contributed by atoms with van der Waals surface area (Å²) in [4.78, 5) is 14.6. The number of alkyl halides is 3. The van der Waals surface area contributed by atoms with Crippen molar-refractivity contribution in [2.45, 2.75) is 12.7 Å². The minimum atomic E-state index is -4.87. The second-order valence-electron chi connectivity index (χ2n) is 3.71. The molecule has 0 saturated carbocycles. The van der Waals surface area contributed by atoms with Crippen LogP contribution in [0, 0.1) is 0 Å². The summed E-state index contributed by atoms with van der Waals surface area (Å²) in [6.07, 6.45) is -3.45. The van der Waals surface area contributed by atoms with Gasteiger partial charge in [0.05, 0.1) is 12.2 Å². The molecular weight excluding hydrogens is 345 g/mol. The Morgan fingerprint density at radius 2 is 2.10 bits per heavy atom. The van der Waals surface area contributed by atoms with E-state index in [0.29, 0.717) is 14.8 Å². The van der Waals surface area contributed by atoms with E-state index >= 15 is 0 Å². The number of halogens is 4. The topological polar surface area (TPSA) is 80.9 Å². The van der Waals surface area contributed by atoms with Crippen molar-refractivity contribution in [3.8, 4) is 0 Å². The number of carboxylic acids is 1. The smallest absolute Gasteiger partial charge is 0.435 e. The van der Waals surface area contributed by atoms with Crippen LogP contribution in [0.15, 0.2) is 22.8 Å². The fourth-order valence-corrected chi connectivity index (χ4v) is 1.74. The van der Waals surface area contributed by atoms with Gasteiger partial charge in [-0.1, -0.05) is 5.21 Å². The van der Waals surface area contributed by atoms with Crippen molar-refractivity contribution in [2.75, 3.05) is 0 Å². The lowest BCUT2D eigenvalue weighted by Gasteiger charge is -2.09. The summed E-state index contributed by atoms with van der Waals surface area (Å²) in [5, 5.41) is 15.0. The van der Waals surface area contributed by atoms with Crippen LogP contribution in [-0.4, -0.2) is 31.1 Å². The molecule has 0 saturated heterocycles. The van der Waals surface area contributed by atoms with E-state index in [-0.39, 0.29) is 6.54 Å². The molecule has 0 aliphatic heterocycles. The lowest BCUT2D eigenvalue weighted by molar-refractivity contribution is -0.144. The molecular formula is C10H6BrF3N4O2. The zero-order valence-corrected chi connectivity index (χ0v) is 11.2. The third kappa shape index (κ3) is 2.95. The highest BCUT2D eigenvalue weighted by atomic mass is 79.9. The third-order valence-corrected chi connectivity index (χ3v) is 2.78. The van der Waals surface area contributed by atoms with Gasteiger partial charge in [-0.05, 0) is 28.1 Å². The highest BCUT2D eigenvalue weighted by Gasteiger charge is 2.41. The van der Waals surface area contributed by atoms with E-state index in [9.17, 15) is 18.0 Å². The molecule has 0 aliphatic rings. The third-order valence-electron chi connectivity index (χ3n) is 2.31. The van der Waals surface area contributed by atoms with Gasteiger partial charge in [-0.15, -0.1) is 5.10 Å². The van der Waals surface area contributed by atoms with Crippen LogP contribution in [0.3, 0.4) is 0 Å². The Hall–Kier alpha value is -1.97. The van der Waals surface area contributed by atoms with E-state index in [0.717, 1.165) is 0 Å². The molecule has 6 nitrogen and oxygen atoms in total. The first kappa shape index (κ1) is 14.4. The van der Waals surface area contributed by atoms with Crippen molar-refractivity contribution < 1.29 is 23.1 Å². The maximum atomic E-state index is 12.9. The van der Waals surface area contributed by atoms with Gasteiger partial charge in [0.2, 0.25) is 5.69 Å². The fourth-order valence-electron chi connectivity index (χ4n) is 1.50. The molecule has 2 aromatic rings. The van der Waals surface area contributed by atoms with E-state index in [2.05, 4.69) is 31.2 Å². The van der Waals surface area contributed by atoms with Crippen LogP contribution in [0.2, 0.25) is 0 Å². The van der Waals surface area contributed by atoms with Gasteiger partial charge in [0.25, 0.3) is 0 Å². The van der Waals surface area contributed by atoms with Crippen LogP contribution in [0.4, 0.5) is 13.2 Å². The molecule has 1 N–H and O–H groups in total. The zero-order valence-electron chi connectivity index (χ0n) is 9.60. The summed E-state index contributed by atoms with van der Waals surface area (Å²) in [5.41, 5.74) is -2.25. The summed E-state index contributed by atoms with van der Waals surface area (Å²) in [7, 11) is 0. The number of carbonyl (C=O) groups is 1. The Balaban J connectivity index is 2.42. The number of hydrogen-bond acceptors (Lipinski definition) is 4. The molecule has 20 heavy (non-hydrogen) atoms. The second-order valence-corrected chi connectivity index (χ2v) is 4.63. The minimum absolute atomic E-state index is 0.292. The first-order valence-corrected chi connectivity index (χ1v) is 5.92. The van der Waals surface area contributed by atoms with Crippen LogP contribution in [0.1, 0.15) is 21.9 Å². The lowest BCUT2D eigenvalue weighted by Crippen LogP contribution is -2.19. The molecule has 106 valence electrons. The molecule has 2 rings (SSSR count). The number of nitrogens with zero attached hydrogens (tertiary/aromatic N) is 4. The van der Waals surface area contributed by atoms with Crippen LogP contribution >= 0.6 is 15.9 Å². The maximum Gasteiger partial charge on any atom is 0.435 e. The quantitative estimate of drug-likeness (QED) is 0.917. The average molecular weight is 351 g/mol. The Morgan fingerprint density at radius 3 is 2.60 bits per heavy atom. The Kier molecular flexibility index (Phi) is 3.75. The fraction of sp³-hybridized carbons (Fsp3) is 0.200. The summed E-state index contributed by atoms with van der Waals surface area (Å²) in [5.74, 6) is -1.78. The molecule has 2 heterocycles. The highest BCUT2D eigenvalue weighted by molar-refractivity contribution is 9.10. The summed E-state index contributed by atoms with van der Waals surface area (Å²) < 4.78 is 39.8. The van der Waals surface area contributed by atoms with Gasteiger partial charge in [-0.25, -0.2) is 9.48 Å². The zero-order chi connectivity index (χ0) is 14.9. The Labute approximate surface area is 118 Å². The molecule has 0 fully saturated rings. The van der Waals surface area contributed by atoms with Crippen LogP contribution in [0.25, 0.3) is 0 Å². The van der Waals surface area contributed by atoms with Crippen molar-refractivity contribution >= 4 is 21.9 Å². The highest BCUT2D eigenvalue weighted by Crippen LogP contribution is 2.31. The van der Waals surface area contributed by atoms with Crippen LogP contribution < -0.4 is 0 Å². The molecule has 0 aromatic carbocycles. The summed E-state index contributed by atoms with van der Waals surface area (Å²) in [6.45, 7) is -0.331. The molecule has 0 bridgehead atoms. The van der Waals surface area contributed by atoms with Gasteiger partial charge in [-0.3, -0.25) is 4.98 Å². The Bertz CT molecular complexity index is 639. The molecule has 0 atom stereocenters. The molecule has 0 amide bonds. The number of hydrogen-bond donors (Lipinski definition) is 1. The van der Waals surface area contributed by atoms with Crippen molar-refractivity contribution in [1.29, 1.82) is 0 Å². The standard InChI is InChI=1S/C10H6BrF3N4O2/c11-5-1-2-6(15-3-5)4-18-8(10(12,13)14)7(9(19)20)16-17-18/h1-3H,4H2,(H,19,20). The van der Waals surface area contributed by atoms with E-state index < -0.39 is 23.5 Å². The van der Waals surface area contributed by atoms with Crippen molar-refractivity contribution in [3.05, 3.63) is 39.9 Å². The number of aromatic carboxylic acids is 1. The van der Waals surface area contributed by atoms with Gasteiger partial charge >= 0.3 is 12.1 Å². The van der Waals surface area contributed by atoms with Crippen LogP contribution in [-0.2, 0) is 12.7 Å². The average Bonchev–Trinajstić information content (AvgIpc) is 2.76. The molecule has 0 aliphatic carbocycles. The SMILES string of the molecule is O=C(O)c1nnn(Cc2ccc(Br)cn2)c1C(F)(F)F. The van der Waals surface area contributed by atoms with Gasteiger partial charge in [0, 0.05) is 10.7 Å². The number of rotatable bonds is 3. The molecule has 0 spiro atoms. The summed E-state index contributed by atoms with van der Waals surface area (Å²) in [6, 6.07) is 3.09. The van der Waals surface area contributed by atoms with Crippen molar-refractivity contribution in [3.63, 3.8) is 0 Å². The number of pyridine rings is 1. The minimum Gasteiger partial charge on any atom is -0.476 e. The molecule has 0 radical (unpaired) electrons. The van der Waals surface area contributed by atoms with E-state index in [4.69, 9.17) is 5.11 Å². The van der Waals surface area contributed by atoms with Crippen molar-refractivity contribution in [1.82, 2.24) is 20.0 Å². The van der Waals surface area contributed by atoms with Gasteiger partial charge < -0.3 is 5.11 Å². The van der Waals surface area contributed by atoms with Gasteiger partial charge in [0.1, 0.15) is 0 Å². The van der Waals surface area contributed by atoms with Crippen LogP contribution in [0.5, 0.6) is 0 Å². The number of aromatic nitrogens is 4. The predicted octanol–water partition coefficient (Wildman–Crippen LogP) is 2.20. The first-order chi connectivity index (χ1) is 9.29. The van der Waals surface area contributed by atoms with E-state index in [1.54, 1.807) is 6.07 Å². The number of carboxylic acid groups (broad SMARTS) is 1. The normalized spacial score (nSPS) is 11.6. The largest absolute Gasteiger partial charge is 0.476 e. The van der Waals surface area contributed by atoms with E-state index in [1.165, 1.54) is 12.3 Å². The first-order valence-electron chi connectivity index (χ1n) is 5.13. The predicted molar refractivity (Wildman–Crippen MR) is 63.0 cm³/mol. The van der Waals surface area contributed by atoms with Gasteiger partial charge in [-0.2, -0.15) is 13.2 Å².